The van der Waals surface area contributed by atoms with E-state index >= 15 is 0 Å². The molecule has 0 aromatic heterocycles. The van der Waals surface area contributed by atoms with Crippen molar-refractivity contribution in [3.05, 3.63) is 0 Å². The van der Waals surface area contributed by atoms with Crippen molar-refractivity contribution in [2.75, 3.05) is 11.5 Å². The summed E-state index contributed by atoms with van der Waals surface area (Å²) in [5.41, 5.74) is 0. The van der Waals surface area contributed by atoms with Gasteiger partial charge in [0.15, 0.2) is 9.84 Å². The molecule has 4 nitrogen and oxygen atoms in total. The van der Waals surface area contributed by atoms with Crippen LogP contribution < -0.4 is 0 Å². The first kappa shape index (κ1) is 12.4. The summed E-state index contributed by atoms with van der Waals surface area (Å²) in [6, 6.07) is 0. The minimum atomic E-state index is -3.13. The molecule has 13 heavy (non-hydrogen) atoms. The van der Waals surface area contributed by atoms with Crippen molar-refractivity contribution in [1.29, 1.82) is 0 Å². The van der Waals surface area contributed by atoms with Crippen LogP contribution in [0.3, 0.4) is 0 Å². The average molecular weight is 208 g/mol. The first-order chi connectivity index (χ1) is 5.98. The van der Waals surface area contributed by atoms with E-state index in [1.807, 2.05) is 6.92 Å². The van der Waals surface area contributed by atoms with Gasteiger partial charge in [-0.15, -0.1) is 0 Å². The number of carbonyl (C=O) groups is 1. The third kappa shape index (κ3) is 7.77. The van der Waals surface area contributed by atoms with Crippen LogP contribution in [-0.4, -0.2) is 31.0 Å². The highest BCUT2D eigenvalue weighted by Crippen LogP contribution is 2.01. The maximum absolute atomic E-state index is 11.1. The molecule has 0 heterocycles. The van der Waals surface area contributed by atoms with Crippen molar-refractivity contribution in [2.24, 2.45) is 0 Å². The Kier molecular flexibility index (Phi) is 5.70. The molecule has 1 N–H and O–H groups in total. The molecular weight excluding hydrogens is 192 g/mol. The van der Waals surface area contributed by atoms with Gasteiger partial charge in [0.1, 0.15) is 0 Å². The second-order valence-electron chi connectivity index (χ2n) is 3.00. The molecule has 0 fully saturated rings. The van der Waals surface area contributed by atoms with E-state index < -0.39 is 15.8 Å². The van der Waals surface area contributed by atoms with Gasteiger partial charge >= 0.3 is 5.97 Å². The van der Waals surface area contributed by atoms with E-state index in [-0.39, 0.29) is 17.9 Å². The lowest BCUT2D eigenvalue weighted by Crippen LogP contribution is -2.14. The predicted octanol–water partition coefficient (Wildman–Crippen LogP) is 1.07. The van der Waals surface area contributed by atoms with Gasteiger partial charge in [-0.3, -0.25) is 4.79 Å². The molecule has 0 saturated heterocycles. The van der Waals surface area contributed by atoms with Crippen LogP contribution in [0.4, 0.5) is 0 Å². The molecule has 0 spiro atoms. The number of hydrogen-bond acceptors (Lipinski definition) is 3. The number of hydrogen-bond donors (Lipinski definition) is 1. The van der Waals surface area contributed by atoms with Gasteiger partial charge in [-0.1, -0.05) is 19.8 Å². The number of carboxylic acid groups (broad SMARTS) is 1. The molecule has 0 rings (SSSR count). The van der Waals surface area contributed by atoms with E-state index in [4.69, 9.17) is 5.11 Å². The molecule has 0 bridgehead atoms. The Labute approximate surface area is 78.9 Å². The van der Waals surface area contributed by atoms with Crippen molar-refractivity contribution in [1.82, 2.24) is 0 Å². The lowest BCUT2D eigenvalue weighted by Gasteiger charge is -2.00. The molecule has 0 aromatic carbocycles. The topological polar surface area (TPSA) is 71.4 Å². The van der Waals surface area contributed by atoms with E-state index in [0.29, 0.717) is 6.42 Å². The highest BCUT2D eigenvalue weighted by Gasteiger charge is 2.11. The summed E-state index contributed by atoms with van der Waals surface area (Å²) >= 11 is 0. The highest BCUT2D eigenvalue weighted by molar-refractivity contribution is 7.91. The summed E-state index contributed by atoms with van der Waals surface area (Å²) in [4.78, 5) is 10.1. The summed E-state index contributed by atoms with van der Waals surface area (Å²) in [6.45, 7) is 1.99. The lowest BCUT2D eigenvalue weighted by atomic mass is 10.3. The monoisotopic (exact) mass is 208 g/mol. The van der Waals surface area contributed by atoms with Crippen LogP contribution in [0.1, 0.15) is 32.6 Å². The van der Waals surface area contributed by atoms with Crippen LogP contribution in [0.25, 0.3) is 0 Å². The van der Waals surface area contributed by atoms with E-state index in [1.165, 1.54) is 0 Å². The SMILES string of the molecule is CCCCCS(=O)(=O)CCC(=O)O. The molecular formula is C8H16O4S. The number of rotatable bonds is 7. The van der Waals surface area contributed by atoms with Crippen LogP contribution >= 0.6 is 0 Å². The second-order valence-corrected chi connectivity index (χ2v) is 5.31. The average Bonchev–Trinajstić information content (AvgIpc) is 2.02. The van der Waals surface area contributed by atoms with E-state index in [1.54, 1.807) is 0 Å². The van der Waals surface area contributed by atoms with Gasteiger partial charge in [-0.05, 0) is 6.42 Å². The maximum Gasteiger partial charge on any atom is 0.304 e. The van der Waals surface area contributed by atoms with Crippen molar-refractivity contribution in [3.8, 4) is 0 Å². The number of sulfone groups is 1. The summed E-state index contributed by atoms with van der Waals surface area (Å²) in [6.07, 6.45) is 2.20. The molecule has 0 aliphatic rings. The zero-order valence-electron chi connectivity index (χ0n) is 7.82. The van der Waals surface area contributed by atoms with Gasteiger partial charge in [-0.2, -0.15) is 0 Å². The van der Waals surface area contributed by atoms with Gasteiger partial charge in [0, 0.05) is 0 Å². The van der Waals surface area contributed by atoms with Gasteiger partial charge in [-0.25, -0.2) is 8.42 Å². The predicted molar refractivity (Wildman–Crippen MR) is 50.4 cm³/mol. The quantitative estimate of drug-likeness (QED) is 0.635. The fourth-order valence-corrected chi connectivity index (χ4v) is 2.25. The van der Waals surface area contributed by atoms with Crippen molar-refractivity contribution in [3.63, 3.8) is 0 Å². The number of carboxylic acids is 1. The van der Waals surface area contributed by atoms with Crippen molar-refractivity contribution < 1.29 is 18.3 Å². The summed E-state index contributed by atoms with van der Waals surface area (Å²) < 4.78 is 22.3. The second kappa shape index (κ2) is 5.96. The molecule has 0 aromatic rings. The molecule has 0 atom stereocenters. The Balaban J connectivity index is 3.74. The Bertz CT molecular complexity index is 243. The number of unbranched alkanes of at least 4 members (excludes halogenated alkanes) is 2. The fourth-order valence-electron chi connectivity index (χ4n) is 0.917. The van der Waals surface area contributed by atoms with Crippen LogP contribution in [0.15, 0.2) is 0 Å². The van der Waals surface area contributed by atoms with E-state index in [9.17, 15) is 13.2 Å². The molecule has 0 amide bonds. The molecule has 0 aliphatic carbocycles. The standard InChI is InChI=1S/C8H16O4S/c1-2-3-4-6-13(11,12)7-5-8(9)10/h2-7H2,1H3,(H,9,10). The van der Waals surface area contributed by atoms with Crippen LogP contribution in [-0.2, 0) is 14.6 Å². The van der Waals surface area contributed by atoms with E-state index in [2.05, 4.69) is 0 Å². The zero-order valence-corrected chi connectivity index (χ0v) is 8.64. The Hall–Kier alpha value is -0.580. The molecule has 0 saturated carbocycles. The van der Waals surface area contributed by atoms with E-state index in [0.717, 1.165) is 12.8 Å². The minimum Gasteiger partial charge on any atom is -0.481 e. The van der Waals surface area contributed by atoms with Crippen LogP contribution in [0.5, 0.6) is 0 Å². The lowest BCUT2D eigenvalue weighted by molar-refractivity contribution is -0.136. The van der Waals surface area contributed by atoms with Crippen LogP contribution in [0.2, 0.25) is 0 Å². The normalized spacial score (nSPS) is 11.5. The third-order valence-corrected chi connectivity index (χ3v) is 3.42. The maximum atomic E-state index is 11.1. The Morgan fingerprint density at radius 2 is 1.85 bits per heavy atom. The molecule has 78 valence electrons. The zero-order chi connectivity index (χ0) is 10.3. The smallest absolute Gasteiger partial charge is 0.304 e. The van der Waals surface area contributed by atoms with Crippen LogP contribution in [0, 0.1) is 0 Å². The summed E-state index contributed by atoms with van der Waals surface area (Å²) in [7, 11) is -3.13. The Morgan fingerprint density at radius 1 is 1.23 bits per heavy atom. The molecule has 5 heteroatoms. The summed E-state index contributed by atoms with van der Waals surface area (Å²) in [5, 5.41) is 8.28. The number of aliphatic carboxylic acids is 1. The fraction of sp³-hybridized carbons (Fsp3) is 0.875. The minimum absolute atomic E-state index is 0.119. The van der Waals surface area contributed by atoms with Crippen molar-refractivity contribution in [2.45, 2.75) is 32.6 Å². The molecule has 0 unspecified atom stereocenters. The Morgan fingerprint density at radius 3 is 2.31 bits per heavy atom. The van der Waals surface area contributed by atoms with Gasteiger partial charge < -0.3 is 5.11 Å². The third-order valence-electron chi connectivity index (χ3n) is 1.69. The van der Waals surface area contributed by atoms with Gasteiger partial charge in [0.05, 0.1) is 17.9 Å². The van der Waals surface area contributed by atoms with Gasteiger partial charge in [0.2, 0.25) is 0 Å². The van der Waals surface area contributed by atoms with Gasteiger partial charge in [0.25, 0.3) is 0 Å². The molecule has 0 radical (unpaired) electrons. The summed E-state index contributed by atoms with van der Waals surface area (Å²) in [5.74, 6) is -1.17. The first-order valence-electron chi connectivity index (χ1n) is 4.40. The first-order valence-corrected chi connectivity index (χ1v) is 6.22. The molecule has 0 aliphatic heterocycles. The largest absolute Gasteiger partial charge is 0.481 e. The van der Waals surface area contributed by atoms with Crippen molar-refractivity contribution >= 4 is 15.8 Å². The highest BCUT2D eigenvalue weighted by atomic mass is 32.2.